The summed E-state index contributed by atoms with van der Waals surface area (Å²) in [5, 5.41) is 2.20. The minimum Gasteiger partial charge on any atom is -0.482 e. The highest BCUT2D eigenvalue weighted by atomic mass is 16.6. The van der Waals surface area contributed by atoms with Crippen molar-refractivity contribution in [3.63, 3.8) is 0 Å². The summed E-state index contributed by atoms with van der Waals surface area (Å²) in [6.45, 7) is 1.99. The maximum Gasteiger partial charge on any atom is 0.344 e. The number of imidazole rings is 1. The van der Waals surface area contributed by atoms with E-state index in [2.05, 4.69) is 4.98 Å². The molecule has 0 atom stereocenters. The average molecular weight is 346 g/mol. The Balaban J connectivity index is 1.35. The Labute approximate surface area is 150 Å². The summed E-state index contributed by atoms with van der Waals surface area (Å²) in [6.07, 6.45) is 3.78. The summed E-state index contributed by atoms with van der Waals surface area (Å²) in [6, 6.07) is 17.7. The number of fused-ring (bicyclic) bond motifs is 2. The van der Waals surface area contributed by atoms with Crippen LogP contribution in [0.15, 0.2) is 67.0 Å². The molecule has 0 saturated heterocycles. The molecule has 0 radical (unpaired) electrons. The van der Waals surface area contributed by atoms with Crippen molar-refractivity contribution in [1.82, 2.24) is 9.38 Å². The number of carbonyl (C=O) groups is 1. The first-order valence-corrected chi connectivity index (χ1v) is 8.39. The van der Waals surface area contributed by atoms with Gasteiger partial charge in [0.05, 0.1) is 5.69 Å². The summed E-state index contributed by atoms with van der Waals surface area (Å²) in [7, 11) is 0. The number of hydrogen-bond donors (Lipinski definition) is 0. The molecule has 2 aromatic heterocycles. The van der Waals surface area contributed by atoms with E-state index >= 15 is 0 Å². The van der Waals surface area contributed by atoms with Gasteiger partial charge in [0.2, 0.25) is 0 Å². The Morgan fingerprint density at radius 3 is 2.77 bits per heavy atom. The molecular formula is C21H18N2O3. The van der Waals surface area contributed by atoms with Crippen LogP contribution in [0.25, 0.3) is 16.4 Å². The van der Waals surface area contributed by atoms with Crippen LogP contribution in [0.5, 0.6) is 5.75 Å². The summed E-state index contributed by atoms with van der Waals surface area (Å²) < 4.78 is 12.7. The normalized spacial score (nSPS) is 11.0. The first kappa shape index (κ1) is 16.1. The van der Waals surface area contributed by atoms with E-state index in [-0.39, 0.29) is 13.2 Å². The van der Waals surface area contributed by atoms with Gasteiger partial charge in [-0.3, -0.25) is 0 Å². The van der Waals surface area contributed by atoms with Gasteiger partial charge in [-0.25, -0.2) is 9.78 Å². The van der Waals surface area contributed by atoms with Crippen molar-refractivity contribution in [3.05, 3.63) is 78.2 Å². The standard InChI is InChI=1S/C21H18N2O3/c1-15-5-4-10-23-12-18(22-21(15)23)13-26-20(24)14-25-19-9-8-16-6-2-3-7-17(16)11-19/h2-12H,13-14H2,1H3. The van der Waals surface area contributed by atoms with Gasteiger partial charge in [0, 0.05) is 12.4 Å². The van der Waals surface area contributed by atoms with Crippen molar-refractivity contribution in [2.24, 2.45) is 0 Å². The van der Waals surface area contributed by atoms with E-state index in [0.717, 1.165) is 22.0 Å². The molecule has 2 aromatic carbocycles. The number of nitrogens with zero attached hydrogens (tertiary/aromatic N) is 2. The second-order valence-electron chi connectivity index (χ2n) is 6.11. The number of esters is 1. The molecule has 0 aliphatic carbocycles. The van der Waals surface area contributed by atoms with Crippen molar-refractivity contribution in [3.8, 4) is 5.75 Å². The largest absolute Gasteiger partial charge is 0.482 e. The maximum absolute atomic E-state index is 12.0. The highest BCUT2D eigenvalue weighted by Gasteiger charge is 2.09. The zero-order chi connectivity index (χ0) is 17.9. The lowest BCUT2D eigenvalue weighted by Gasteiger charge is -2.07. The number of rotatable bonds is 5. The molecule has 5 nitrogen and oxygen atoms in total. The lowest BCUT2D eigenvalue weighted by atomic mass is 10.1. The third kappa shape index (κ3) is 3.37. The van der Waals surface area contributed by atoms with Crippen LogP contribution >= 0.6 is 0 Å². The van der Waals surface area contributed by atoms with Crippen molar-refractivity contribution in [2.75, 3.05) is 6.61 Å². The van der Waals surface area contributed by atoms with E-state index in [1.54, 1.807) is 0 Å². The molecular weight excluding hydrogens is 328 g/mol. The number of pyridine rings is 1. The van der Waals surface area contributed by atoms with Gasteiger partial charge in [-0.2, -0.15) is 0 Å². The zero-order valence-electron chi connectivity index (χ0n) is 14.4. The van der Waals surface area contributed by atoms with Gasteiger partial charge in [0.1, 0.15) is 18.0 Å². The molecule has 0 aliphatic heterocycles. The van der Waals surface area contributed by atoms with E-state index in [1.165, 1.54) is 0 Å². The molecule has 0 spiro atoms. The fourth-order valence-corrected chi connectivity index (χ4v) is 2.87. The van der Waals surface area contributed by atoms with Gasteiger partial charge in [-0.05, 0) is 41.5 Å². The second kappa shape index (κ2) is 6.88. The van der Waals surface area contributed by atoms with Crippen molar-refractivity contribution in [2.45, 2.75) is 13.5 Å². The first-order chi connectivity index (χ1) is 12.7. The molecule has 130 valence electrons. The van der Waals surface area contributed by atoms with Crippen LogP contribution < -0.4 is 4.74 Å². The van der Waals surface area contributed by atoms with E-state index in [9.17, 15) is 4.79 Å². The molecule has 0 fully saturated rings. The van der Waals surface area contributed by atoms with E-state index in [0.29, 0.717) is 11.4 Å². The summed E-state index contributed by atoms with van der Waals surface area (Å²) in [4.78, 5) is 16.4. The quantitative estimate of drug-likeness (QED) is 0.514. The summed E-state index contributed by atoms with van der Waals surface area (Å²) in [5.74, 6) is 0.218. The second-order valence-corrected chi connectivity index (χ2v) is 6.11. The van der Waals surface area contributed by atoms with Gasteiger partial charge >= 0.3 is 5.97 Å². The average Bonchev–Trinajstić information content (AvgIpc) is 3.09. The van der Waals surface area contributed by atoms with Gasteiger partial charge in [-0.1, -0.05) is 36.4 Å². The molecule has 0 amide bonds. The zero-order valence-corrected chi connectivity index (χ0v) is 14.4. The minimum atomic E-state index is -0.424. The number of aryl methyl sites for hydroxylation is 1. The van der Waals surface area contributed by atoms with Crippen molar-refractivity contribution < 1.29 is 14.3 Å². The lowest BCUT2D eigenvalue weighted by molar-refractivity contribution is -0.147. The predicted molar refractivity (Wildman–Crippen MR) is 99.2 cm³/mol. The van der Waals surface area contributed by atoms with E-state index < -0.39 is 5.97 Å². The summed E-state index contributed by atoms with van der Waals surface area (Å²) in [5.41, 5.74) is 2.65. The van der Waals surface area contributed by atoms with Crippen LogP contribution in [0.2, 0.25) is 0 Å². The maximum atomic E-state index is 12.0. The van der Waals surface area contributed by atoms with Crippen LogP contribution in [0.4, 0.5) is 0 Å². The molecule has 4 rings (SSSR count). The Kier molecular flexibility index (Phi) is 4.27. The Hall–Kier alpha value is -3.34. The van der Waals surface area contributed by atoms with Crippen molar-refractivity contribution in [1.29, 1.82) is 0 Å². The van der Waals surface area contributed by atoms with Crippen LogP contribution in [0.1, 0.15) is 11.3 Å². The lowest BCUT2D eigenvalue weighted by Crippen LogP contribution is -2.14. The molecule has 5 heteroatoms. The van der Waals surface area contributed by atoms with Gasteiger partial charge < -0.3 is 13.9 Å². The van der Waals surface area contributed by atoms with Gasteiger partial charge in [0.15, 0.2) is 6.61 Å². The van der Waals surface area contributed by atoms with Crippen molar-refractivity contribution >= 4 is 22.4 Å². The van der Waals surface area contributed by atoms with E-state index in [4.69, 9.17) is 9.47 Å². The smallest absolute Gasteiger partial charge is 0.344 e. The molecule has 26 heavy (non-hydrogen) atoms. The minimum absolute atomic E-state index is 0.126. The molecule has 0 aliphatic rings. The molecule has 0 saturated carbocycles. The highest BCUT2D eigenvalue weighted by Crippen LogP contribution is 2.20. The van der Waals surface area contributed by atoms with E-state index in [1.807, 2.05) is 78.3 Å². The topological polar surface area (TPSA) is 52.8 Å². The SMILES string of the molecule is Cc1cccn2cc(COC(=O)COc3ccc4ccccc4c3)nc12. The fraction of sp³-hybridized carbons (Fsp3) is 0.143. The molecule has 2 heterocycles. The van der Waals surface area contributed by atoms with Crippen LogP contribution in [0, 0.1) is 6.92 Å². The van der Waals surface area contributed by atoms with Gasteiger partial charge in [0.25, 0.3) is 0 Å². The van der Waals surface area contributed by atoms with Crippen LogP contribution in [0.3, 0.4) is 0 Å². The number of benzene rings is 2. The third-order valence-electron chi connectivity index (χ3n) is 4.19. The molecule has 4 aromatic rings. The number of hydrogen-bond acceptors (Lipinski definition) is 4. The monoisotopic (exact) mass is 346 g/mol. The highest BCUT2D eigenvalue weighted by molar-refractivity contribution is 5.83. The van der Waals surface area contributed by atoms with Crippen LogP contribution in [-0.4, -0.2) is 22.0 Å². The predicted octanol–water partition coefficient (Wildman–Crippen LogP) is 3.92. The fourth-order valence-electron chi connectivity index (χ4n) is 2.87. The Bertz CT molecular complexity index is 1080. The molecule has 0 bridgehead atoms. The molecule has 0 N–H and O–H groups in total. The molecule has 0 unspecified atom stereocenters. The number of aromatic nitrogens is 2. The first-order valence-electron chi connectivity index (χ1n) is 8.39. The number of carbonyl (C=O) groups excluding carboxylic acids is 1. The van der Waals surface area contributed by atoms with Gasteiger partial charge in [-0.15, -0.1) is 0 Å². The third-order valence-corrected chi connectivity index (χ3v) is 4.19. The number of ether oxygens (including phenoxy) is 2. The Morgan fingerprint density at radius 1 is 1.08 bits per heavy atom. The summed E-state index contributed by atoms with van der Waals surface area (Å²) >= 11 is 0. The Morgan fingerprint density at radius 2 is 1.92 bits per heavy atom. The van der Waals surface area contributed by atoms with Crippen LogP contribution in [-0.2, 0) is 16.1 Å².